The maximum absolute atomic E-state index is 5.65. The van der Waals surface area contributed by atoms with E-state index < -0.39 is 9.53 Å². The van der Waals surface area contributed by atoms with Crippen LogP contribution in [0.4, 0.5) is 0 Å². The number of ether oxygens (including phenoxy) is 2. The molecule has 1 heterocycles. The van der Waals surface area contributed by atoms with Gasteiger partial charge >= 0.3 is 9.53 Å². The molecule has 1 fully saturated rings. The zero-order valence-electron chi connectivity index (χ0n) is 11.6. The highest BCUT2D eigenvalue weighted by Crippen LogP contribution is 2.08. The van der Waals surface area contributed by atoms with Crippen molar-refractivity contribution in [3.63, 3.8) is 0 Å². The molecule has 0 spiro atoms. The third-order valence-electron chi connectivity index (χ3n) is 2.31. The molecule has 0 aromatic carbocycles. The molecule has 0 radical (unpaired) electrons. The Morgan fingerprint density at radius 1 is 1.00 bits per heavy atom. The molecule has 0 aliphatic carbocycles. The summed E-state index contributed by atoms with van der Waals surface area (Å²) in [5, 5.41) is 0. The Hall–Kier alpha value is 0.0169. The predicted octanol–water partition coefficient (Wildman–Crippen LogP) is 1.38. The maximum atomic E-state index is 5.65. The van der Waals surface area contributed by atoms with Gasteiger partial charge in [0.25, 0.3) is 0 Å². The minimum absolute atomic E-state index is 0.341. The van der Waals surface area contributed by atoms with Crippen LogP contribution in [-0.4, -0.2) is 55.3 Å². The number of hydrogen-bond acceptors (Lipinski definition) is 5. The lowest BCUT2D eigenvalue weighted by atomic mass is 10.5. The van der Waals surface area contributed by atoms with E-state index in [4.69, 9.17) is 22.8 Å². The van der Waals surface area contributed by atoms with Crippen molar-refractivity contribution < 1.29 is 22.8 Å². The summed E-state index contributed by atoms with van der Waals surface area (Å²) in [6.07, 6.45) is 3.20. The van der Waals surface area contributed by atoms with Gasteiger partial charge < -0.3 is 22.8 Å². The maximum Gasteiger partial charge on any atom is 0.484 e. The molecular formula is C12H26O5Si. The minimum atomic E-state index is -1.91. The van der Waals surface area contributed by atoms with Gasteiger partial charge in [-0.25, -0.2) is 0 Å². The van der Waals surface area contributed by atoms with Crippen LogP contribution in [0.5, 0.6) is 0 Å². The molecule has 18 heavy (non-hydrogen) atoms. The van der Waals surface area contributed by atoms with Gasteiger partial charge in [-0.15, -0.1) is 0 Å². The van der Waals surface area contributed by atoms with Crippen molar-refractivity contribution >= 4 is 9.53 Å². The van der Waals surface area contributed by atoms with Crippen molar-refractivity contribution in [1.29, 1.82) is 0 Å². The Bertz CT molecular complexity index is 181. The quantitative estimate of drug-likeness (QED) is 0.289. The smallest absolute Gasteiger partial charge is 0.379 e. The summed E-state index contributed by atoms with van der Waals surface area (Å²) in [5.41, 5.74) is 0. The molecule has 0 amide bonds. The second-order valence-corrected chi connectivity index (χ2v) is 5.86. The van der Waals surface area contributed by atoms with Crippen LogP contribution in [-0.2, 0) is 22.8 Å². The van der Waals surface area contributed by atoms with Crippen molar-refractivity contribution in [3.05, 3.63) is 0 Å². The largest absolute Gasteiger partial charge is 0.484 e. The molecular weight excluding hydrogens is 252 g/mol. The molecule has 1 aliphatic heterocycles. The van der Waals surface area contributed by atoms with Gasteiger partial charge in [-0.2, -0.15) is 0 Å². The van der Waals surface area contributed by atoms with Crippen LogP contribution in [0.1, 0.15) is 33.1 Å². The predicted molar refractivity (Wildman–Crippen MR) is 70.8 cm³/mol. The fourth-order valence-corrected chi connectivity index (χ4v) is 2.80. The molecule has 0 saturated carbocycles. The van der Waals surface area contributed by atoms with Crippen LogP contribution in [0.25, 0.3) is 0 Å². The van der Waals surface area contributed by atoms with Crippen LogP contribution < -0.4 is 0 Å². The fraction of sp³-hybridized carbons (Fsp3) is 1.00. The first kappa shape index (κ1) is 16.1. The highest BCUT2D eigenvalue weighted by Gasteiger charge is 2.22. The second-order valence-electron chi connectivity index (χ2n) is 4.28. The molecule has 1 unspecified atom stereocenters. The van der Waals surface area contributed by atoms with Gasteiger partial charge in [0.05, 0.1) is 13.2 Å². The van der Waals surface area contributed by atoms with Crippen LogP contribution in [0.2, 0.25) is 0 Å². The second kappa shape index (κ2) is 10.9. The van der Waals surface area contributed by atoms with Gasteiger partial charge in [-0.3, -0.25) is 0 Å². The molecule has 0 aromatic heterocycles. The van der Waals surface area contributed by atoms with Crippen LogP contribution in [0.15, 0.2) is 0 Å². The number of hydrogen-bond donors (Lipinski definition) is 0. The lowest BCUT2D eigenvalue weighted by Gasteiger charge is -2.16. The third kappa shape index (κ3) is 9.01. The molecule has 1 rings (SSSR count). The Balaban J connectivity index is 1.92. The highest BCUT2D eigenvalue weighted by atomic mass is 28.3. The van der Waals surface area contributed by atoms with E-state index in [1.807, 2.05) is 0 Å². The summed E-state index contributed by atoms with van der Waals surface area (Å²) >= 11 is 0. The first-order chi connectivity index (χ1) is 8.86. The van der Waals surface area contributed by atoms with E-state index in [9.17, 15) is 0 Å². The van der Waals surface area contributed by atoms with Crippen LogP contribution in [0, 0.1) is 0 Å². The molecule has 1 aliphatic rings. The molecule has 1 atom stereocenters. The van der Waals surface area contributed by atoms with Gasteiger partial charge in [0.2, 0.25) is 0 Å². The van der Waals surface area contributed by atoms with Gasteiger partial charge in [-0.05, 0) is 19.3 Å². The average Bonchev–Trinajstić information content (AvgIpc) is 3.20. The van der Waals surface area contributed by atoms with E-state index in [0.717, 1.165) is 39.1 Å². The zero-order chi connectivity index (χ0) is 13.1. The first-order valence-electron chi connectivity index (χ1n) is 6.91. The first-order valence-corrected chi connectivity index (χ1v) is 8.32. The van der Waals surface area contributed by atoms with E-state index in [0.29, 0.717) is 25.9 Å². The number of rotatable bonds is 13. The van der Waals surface area contributed by atoms with Crippen LogP contribution >= 0.6 is 0 Å². The van der Waals surface area contributed by atoms with E-state index in [-0.39, 0.29) is 0 Å². The lowest BCUT2D eigenvalue weighted by Crippen LogP contribution is -2.28. The Morgan fingerprint density at radius 2 is 1.61 bits per heavy atom. The molecule has 0 aromatic rings. The summed E-state index contributed by atoms with van der Waals surface area (Å²) < 4.78 is 27.3. The zero-order valence-corrected chi connectivity index (χ0v) is 12.7. The van der Waals surface area contributed by atoms with Crippen molar-refractivity contribution in [1.82, 2.24) is 0 Å². The van der Waals surface area contributed by atoms with Crippen molar-refractivity contribution in [2.45, 2.75) is 39.2 Å². The molecule has 6 heteroatoms. The summed E-state index contributed by atoms with van der Waals surface area (Å²) in [6, 6.07) is 0. The van der Waals surface area contributed by atoms with Crippen LogP contribution in [0.3, 0.4) is 0 Å². The lowest BCUT2D eigenvalue weighted by molar-refractivity contribution is 0.0711. The summed E-state index contributed by atoms with van der Waals surface area (Å²) in [7, 11) is -1.91. The summed E-state index contributed by atoms with van der Waals surface area (Å²) in [5.74, 6) is 0. The SMILES string of the molecule is CCCO[SiH](OCCC)OCCCOCC1CO1. The molecule has 0 N–H and O–H groups in total. The molecule has 0 bridgehead atoms. The minimum Gasteiger partial charge on any atom is -0.379 e. The van der Waals surface area contributed by atoms with E-state index >= 15 is 0 Å². The Morgan fingerprint density at radius 3 is 2.17 bits per heavy atom. The normalized spacial score (nSPS) is 18.5. The Kier molecular flexibility index (Phi) is 9.73. The third-order valence-corrected chi connectivity index (χ3v) is 3.83. The van der Waals surface area contributed by atoms with Gasteiger partial charge in [0, 0.05) is 26.4 Å². The summed E-state index contributed by atoms with van der Waals surface area (Å²) in [4.78, 5) is 0. The van der Waals surface area contributed by atoms with Gasteiger partial charge in [0.15, 0.2) is 0 Å². The van der Waals surface area contributed by atoms with E-state index in [1.54, 1.807) is 0 Å². The topological polar surface area (TPSA) is 49.5 Å². The molecule has 1 saturated heterocycles. The standard InChI is InChI=1S/C12H26O5Si/c1-3-6-15-18(16-7-4-2)17-9-5-8-13-10-12-11-14-12/h12,18H,3-11H2,1-2H3. The fourth-order valence-electron chi connectivity index (χ4n) is 1.29. The highest BCUT2D eigenvalue weighted by molar-refractivity contribution is 6.36. The van der Waals surface area contributed by atoms with Crippen molar-refractivity contribution in [3.8, 4) is 0 Å². The van der Waals surface area contributed by atoms with E-state index in [1.165, 1.54) is 0 Å². The summed E-state index contributed by atoms with van der Waals surface area (Å²) in [6.45, 7) is 8.52. The average molecular weight is 278 g/mol. The Labute approximate surface area is 112 Å². The monoisotopic (exact) mass is 278 g/mol. The molecule has 5 nitrogen and oxygen atoms in total. The van der Waals surface area contributed by atoms with Crippen molar-refractivity contribution in [2.24, 2.45) is 0 Å². The van der Waals surface area contributed by atoms with Gasteiger partial charge in [-0.1, -0.05) is 13.8 Å². The number of epoxide rings is 1. The van der Waals surface area contributed by atoms with E-state index in [2.05, 4.69) is 13.8 Å². The molecule has 108 valence electrons. The van der Waals surface area contributed by atoms with Crippen molar-refractivity contribution in [2.75, 3.05) is 39.6 Å². The van der Waals surface area contributed by atoms with Gasteiger partial charge in [0.1, 0.15) is 6.10 Å².